The Kier molecular flexibility index (Phi) is 4.33. The van der Waals surface area contributed by atoms with Crippen LogP contribution in [-0.2, 0) is 0 Å². The number of carbonyl (C=O) groups excluding carboxylic acids is 1. The van der Waals surface area contributed by atoms with Gasteiger partial charge in [-0.25, -0.2) is 14.6 Å². The Hall–Kier alpha value is -4.26. The summed E-state index contributed by atoms with van der Waals surface area (Å²) in [5.41, 5.74) is 5.04. The molecule has 3 heterocycles. The van der Waals surface area contributed by atoms with Gasteiger partial charge in [-0.2, -0.15) is 5.10 Å². The van der Waals surface area contributed by atoms with Crippen LogP contribution in [0.2, 0.25) is 0 Å². The molecule has 146 valence electrons. The van der Waals surface area contributed by atoms with Crippen molar-refractivity contribution in [1.82, 2.24) is 24.1 Å². The normalized spacial score (nSPS) is 11.0. The van der Waals surface area contributed by atoms with Gasteiger partial charge in [0.25, 0.3) is 5.91 Å². The van der Waals surface area contributed by atoms with E-state index >= 15 is 0 Å². The van der Waals surface area contributed by atoms with Crippen LogP contribution < -0.4 is 5.32 Å². The molecule has 2 aromatic carbocycles. The molecule has 30 heavy (non-hydrogen) atoms. The van der Waals surface area contributed by atoms with Crippen molar-refractivity contribution in [3.8, 4) is 16.9 Å². The zero-order valence-electron chi connectivity index (χ0n) is 16.2. The summed E-state index contributed by atoms with van der Waals surface area (Å²) in [6.45, 7) is 1.99. The lowest BCUT2D eigenvalue weighted by Gasteiger charge is -2.08. The smallest absolute Gasteiger partial charge is 0.255 e. The van der Waals surface area contributed by atoms with E-state index in [0.29, 0.717) is 11.3 Å². The minimum Gasteiger partial charge on any atom is -0.322 e. The maximum atomic E-state index is 12.6. The van der Waals surface area contributed by atoms with Crippen molar-refractivity contribution in [2.75, 3.05) is 5.32 Å². The summed E-state index contributed by atoms with van der Waals surface area (Å²) >= 11 is 0. The third-order valence-electron chi connectivity index (χ3n) is 4.88. The van der Waals surface area contributed by atoms with Gasteiger partial charge in [0.1, 0.15) is 0 Å². The summed E-state index contributed by atoms with van der Waals surface area (Å²) in [7, 11) is 0. The molecule has 1 N–H and O–H groups in total. The number of carbonyl (C=O) groups is 1. The Morgan fingerprint density at radius 1 is 0.967 bits per heavy atom. The molecule has 0 aliphatic rings. The number of fused-ring (bicyclic) bond motifs is 1. The van der Waals surface area contributed by atoms with Gasteiger partial charge in [-0.3, -0.25) is 9.20 Å². The van der Waals surface area contributed by atoms with Crippen molar-refractivity contribution in [2.24, 2.45) is 0 Å². The summed E-state index contributed by atoms with van der Waals surface area (Å²) in [6, 6.07) is 18.8. The van der Waals surface area contributed by atoms with E-state index in [2.05, 4.69) is 20.4 Å². The van der Waals surface area contributed by atoms with Crippen LogP contribution in [0, 0.1) is 6.92 Å². The molecule has 0 radical (unpaired) electrons. The number of imidazole rings is 1. The molecule has 0 aliphatic heterocycles. The number of rotatable bonds is 4. The fourth-order valence-electron chi connectivity index (χ4n) is 3.29. The largest absolute Gasteiger partial charge is 0.322 e. The Labute approximate surface area is 172 Å². The molecular weight excluding hydrogens is 376 g/mol. The quantitative estimate of drug-likeness (QED) is 0.497. The average Bonchev–Trinajstić information content (AvgIpc) is 3.40. The minimum absolute atomic E-state index is 0.164. The van der Waals surface area contributed by atoms with E-state index in [1.165, 1.54) is 0 Å². The summed E-state index contributed by atoms with van der Waals surface area (Å²) in [4.78, 5) is 21.3. The van der Waals surface area contributed by atoms with E-state index in [1.54, 1.807) is 24.5 Å². The van der Waals surface area contributed by atoms with Gasteiger partial charge in [0.15, 0.2) is 0 Å². The second kappa shape index (κ2) is 7.29. The van der Waals surface area contributed by atoms with Crippen LogP contribution in [0.3, 0.4) is 0 Å². The highest BCUT2D eigenvalue weighted by Crippen LogP contribution is 2.21. The highest BCUT2D eigenvalue weighted by atomic mass is 16.1. The number of hydrogen-bond donors (Lipinski definition) is 1. The highest BCUT2D eigenvalue weighted by molar-refractivity contribution is 6.04. The molecule has 0 spiro atoms. The third-order valence-corrected chi connectivity index (χ3v) is 4.88. The molecular formula is C23H18N6O. The lowest BCUT2D eigenvalue weighted by atomic mass is 10.1. The van der Waals surface area contributed by atoms with Crippen molar-refractivity contribution in [3.05, 3.63) is 96.7 Å². The zero-order valence-corrected chi connectivity index (χ0v) is 16.2. The first-order valence-corrected chi connectivity index (χ1v) is 9.50. The van der Waals surface area contributed by atoms with Crippen LogP contribution in [0.15, 0.2) is 85.5 Å². The summed E-state index contributed by atoms with van der Waals surface area (Å²) in [6.07, 6.45) is 7.31. The molecule has 0 saturated carbocycles. The lowest BCUT2D eigenvalue weighted by Crippen LogP contribution is -2.12. The SMILES string of the molecule is Cc1ccnn1-c1ccc(C(=O)Nc2ccc(-c3cn4cccnc4n3)cc2)cc1. The maximum Gasteiger partial charge on any atom is 0.255 e. The van der Waals surface area contributed by atoms with E-state index in [0.717, 1.165) is 28.3 Å². The number of hydrogen-bond acceptors (Lipinski definition) is 4. The molecule has 1 amide bonds. The Bertz CT molecular complexity index is 1300. The van der Waals surface area contributed by atoms with Gasteiger partial charge < -0.3 is 5.32 Å². The van der Waals surface area contributed by atoms with Crippen LogP contribution in [-0.4, -0.2) is 30.1 Å². The van der Waals surface area contributed by atoms with Crippen molar-refractivity contribution >= 4 is 17.4 Å². The number of nitrogens with zero attached hydrogens (tertiary/aromatic N) is 5. The molecule has 5 rings (SSSR count). The standard InChI is InChI=1S/C23H18N6O/c1-16-11-13-25-29(16)20-9-5-18(6-10-20)22(30)26-19-7-3-17(4-8-19)21-15-28-14-2-12-24-23(28)27-21/h2-15H,1H3,(H,26,30). The van der Waals surface area contributed by atoms with E-state index in [9.17, 15) is 4.79 Å². The second-order valence-electron chi connectivity index (χ2n) is 6.92. The number of anilines is 1. The number of aryl methyl sites for hydroxylation is 1. The average molecular weight is 394 g/mol. The molecule has 0 bridgehead atoms. The minimum atomic E-state index is -0.164. The van der Waals surface area contributed by atoms with Crippen LogP contribution in [0.25, 0.3) is 22.7 Å². The first-order chi connectivity index (χ1) is 14.7. The first kappa shape index (κ1) is 17.8. The van der Waals surface area contributed by atoms with Gasteiger partial charge in [-0.05, 0) is 55.5 Å². The van der Waals surface area contributed by atoms with Crippen molar-refractivity contribution < 1.29 is 4.79 Å². The predicted molar refractivity (Wildman–Crippen MR) is 115 cm³/mol. The number of nitrogens with one attached hydrogen (secondary N) is 1. The van der Waals surface area contributed by atoms with E-state index in [-0.39, 0.29) is 5.91 Å². The van der Waals surface area contributed by atoms with Gasteiger partial charge in [-0.15, -0.1) is 0 Å². The number of amides is 1. The first-order valence-electron chi connectivity index (χ1n) is 9.50. The van der Waals surface area contributed by atoms with E-state index < -0.39 is 0 Å². The Balaban J connectivity index is 1.31. The van der Waals surface area contributed by atoms with Crippen molar-refractivity contribution in [3.63, 3.8) is 0 Å². The fourth-order valence-corrected chi connectivity index (χ4v) is 3.29. The summed E-state index contributed by atoms with van der Waals surface area (Å²) in [5.74, 6) is 0.488. The number of aromatic nitrogens is 5. The van der Waals surface area contributed by atoms with Gasteiger partial charge in [0.05, 0.1) is 11.4 Å². The van der Waals surface area contributed by atoms with Gasteiger partial charge in [0.2, 0.25) is 5.78 Å². The fraction of sp³-hybridized carbons (Fsp3) is 0.0435. The third kappa shape index (κ3) is 3.33. The van der Waals surface area contributed by atoms with Crippen LogP contribution >= 0.6 is 0 Å². The lowest BCUT2D eigenvalue weighted by molar-refractivity contribution is 0.102. The number of benzene rings is 2. The van der Waals surface area contributed by atoms with E-state index in [1.807, 2.05) is 76.9 Å². The molecule has 7 nitrogen and oxygen atoms in total. The molecule has 0 saturated heterocycles. The molecule has 3 aromatic heterocycles. The van der Waals surface area contributed by atoms with Crippen molar-refractivity contribution in [1.29, 1.82) is 0 Å². The van der Waals surface area contributed by atoms with Crippen LogP contribution in [0.5, 0.6) is 0 Å². The topological polar surface area (TPSA) is 77.1 Å². The Morgan fingerprint density at radius 3 is 2.47 bits per heavy atom. The van der Waals surface area contributed by atoms with Crippen LogP contribution in [0.1, 0.15) is 16.1 Å². The zero-order chi connectivity index (χ0) is 20.5. The van der Waals surface area contributed by atoms with Crippen LogP contribution in [0.4, 0.5) is 5.69 Å². The monoisotopic (exact) mass is 394 g/mol. The predicted octanol–water partition coefficient (Wildman–Crippen LogP) is 4.14. The second-order valence-corrected chi connectivity index (χ2v) is 6.92. The molecule has 0 fully saturated rings. The molecule has 5 aromatic rings. The van der Waals surface area contributed by atoms with Gasteiger partial charge in [-0.1, -0.05) is 12.1 Å². The van der Waals surface area contributed by atoms with E-state index in [4.69, 9.17) is 0 Å². The molecule has 0 unspecified atom stereocenters. The maximum absolute atomic E-state index is 12.6. The highest BCUT2D eigenvalue weighted by Gasteiger charge is 2.09. The van der Waals surface area contributed by atoms with Gasteiger partial charge >= 0.3 is 0 Å². The summed E-state index contributed by atoms with van der Waals surface area (Å²) < 4.78 is 3.70. The van der Waals surface area contributed by atoms with Crippen molar-refractivity contribution in [2.45, 2.75) is 6.92 Å². The molecule has 0 atom stereocenters. The Morgan fingerprint density at radius 2 is 1.77 bits per heavy atom. The molecule has 7 heteroatoms. The molecule has 0 aliphatic carbocycles. The van der Waals surface area contributed by atoms with Gasteiger partial charge in [0, 0.05) is 47.3 Å². The summed E-state index contributed by atoms with van der Waals surface area (Å²) in [5, 5.41) is 7.21.